The quantitative estimate of drug-likeness (QED) is 0.168. The molecule has 5 heteroatoms. The van der Waals surface area contributed by atoms with E-state index in [1.165, 1.54) is 27.2 Å². The molecule has 0 saturated heterocycles. The van der Waals surface area contributed by atoms with Crippen molar-refractivity contribution in [2.75, 3.05) is 4.90 Å². The van der Waals surface area contributed by atoms with Gasteiger partial charge < -0.3 is 9.47 Å². The van der Waals surface area contributed by atoms with Gasteiger partial charge in [-0.2, -0.15) is 0 Å². The van der Waals surface area contributed by atoms with Crippen LogP contribution < -0.4 is 4.90 Å². The van der Waals surface area contributed by atoms with Gasteiger partial charge in [-0.05, 0) is 72.8 Å². The zero-order valence-corrected chi connectivity index (χ0v) is 28.8. The van der Waals surface area contributed by atoms with Crippen LogP contribution in [0, 0.1) is 0 Å². The third-order valence-electron chi connectivity index (χ3n) is 10.0. The number of para-hydroxylation sites is 4. The van der Waals surface area contributed by atoms with Crippen LogP contribution in [0.4, 0.5) is 17.1 Å². The first kappa shape index (κ1) is 30.6. The maximum absolute atomic E-state index is 4.75. The number of benzene rings is 8. The van der Waals surface area contributed by atoms with Crippen LogP contribution >= 0.6 is 0 Å². The van der Waals surface area contributed by atoms with Crippen LogP contribution in [-0.2, 0) is 0 Å². The highest BCUT2D eigenvalue weighted by atomic mass is 15.3. The standard InChI is InChI=1S/C48H33N5/c1-4-16-34(17-5-1)47-49-50-48(52(47)37-20-8-3-9-21-37)35-30-32-38(33-31-35)51(36-18-6-2-7-19-36)43-28-14-25-42-41(43)24-15-29-46(42)53-44-26-12-10-22-39(44)40-23-11-13-27-45(40)53/h1-33H. The molecule has 5 nitrogen and oxygen atoms in total. The molecule has 0 N–H and O–H groups in total. The Hall–Kier alpha value is -7.24. The zero-order valence-electron chi connectivity index (χ0n) is 28.8. The van der Waals surface area contributed by atoms with Crippen molar-refractivity contribution in [1.82, 2.24) is 19.3 Å². The first-order valence-electron chi connectivity index (χ1n) is 17.9. The largest absolute Gasteiger partial charge is 0.310 e. The molecule has 10 rings (SSSR count). The molecule has 0 bridgehead atoms. The molecule has 0 aliphatic rings. The molecule has 0 radical (unpaired) electrons. The molecule has 0 unspecified atom stereocenters. The normalized spacial score (nSPS) is 11.4. The van der Waals surface area contributed by atoms with E-state index in [-0.39, 0.29) is 0 Å². The third-order valence-corrected chi connectivity index (χ3v) is 10.0. The highest BCUT2D eigenvalue weighted by molar-refractivity contribution is 6.11. The van der Waals surface area contributed by atoms with Gasteiger partial charge in [0.2, 0.25) is 0 Å². The molecule has 0 aliphatic carbocycles. The Labute approximate surface area is 307 Å². The fourth-order valence-electron chi connectivity index (χ4n) is 7.68. The first-order chi connectivity index (χ1) is 26.3. The lowest BCUT2D eigenvalue weighted by molar-refractivity contribution is 1.07. The average molecular weight is 680 g/mol. The molecule has 0 saturated carbocycles. The van der Waals surface area contributed by atoms with Crippen LogP contribution in [0.1, 0.15) is 0 Å². The summed E-state index contributed by atoms with van der Waals surface area (Å²) >= 11 is 0. The third kappa shape index (κ3) is 5.17. The summed E-state index contributed by atoms with van der Waals surface area (Å²) in [5.74, 6) is 1.59. The lowest BCUT2D eigenvalue weighted by Crippen LogP contribution is -2.10. The molecule has 53 heavy (non-hydrogen) atoms. The summed E-state index contributed by atoms with van der Waals surface area (Å²) in [4.78, 5) is 2.35. The number of rotatable bonds is 7. The number of fused-ring (bicyclic) bond motifs is 4. The van der Waals surface area contributed by atoms with Gasteiger partial charge in [-0.25, -0.2) is 0 Å². The monoisotopic (exact) mass is 679 g/mol. The summed E-state index contributed by atoms with van der Waals surface area (Å²) < 4.78 is 4.55. The van der Waals surface area contributed by atoms with E-state index in [0.29, 0.717) is 0 Å². The van der Waals surface area contributed by atoms with Gasteiger partial charge in [0.25, 0.3) is 0 Å². The molecular weight excluding hydrogens is 647 g/mol. The number of anilines is 3. The van der Waals surface area contributed by atoms with Crippen molar-refractivity contribution in [2.45, 2.75) is 0 Å². The van der Waals surface area contributed by atoms with Crippen LogP contribution in [-0.4, -0.2) is 19.3 Å². The molecule has 8 aromatic carbocycles. The Morgan fingerprint density at radius 3 is 1.49 bits per heavy atom. The van der Waals surface area contributed by atoms with Gasteiger partial charge in [-0.3, -0.25) is 4.57 Å². The van der Waals surface area contributed by atoms with Gasteiger partial charge in [0.15, 0.2) is 11.6 Å². The van der Waals surface area contributed by atoms with Crippen molar-refractivity contribution in [2.24, 2.45) is 0 Å². The number of nitrogens with zero attached hydrogens (tertiary/aromatic N) is 5. The summed E-state index contributed by atoms with van der Waals surface area (Å²) in [6.07, 6.45) is 0. The molecular formula is C48H33N5. The second-order valence-electron chi connectivity index (χ2n) is 13.1. The maximum Gasteiger partial charge on any atom is 0.168 e. The Balaban J connectivity index is 1.13. The average Bonchev–Trinajstić information content (AvgIpc) is 3.83. The van der Waals surface area contributed by atoms with Crippen molar-refractivity contribution in [1.29, 1.82) is 0 Å². The predicted octanol–water partition coefficient (Wildman–Crippen LogP) is 12.3. The maximum atomic E-state index is 4.75. The highest BCUT2D eigenvalue weighted by Gasteiger charge is 2.21. The van der Waals surface area contributed by atoms with Crippen LogP contribution in [0.3, 0.4) is 0 Å². The predicted molar refractivity (Wildman–Crippen MR) is 219 cm³/mol. The summed E-state index contributed by atoms with van der Waals surface area (Å²) in [6, 6.07) is 70.5. The molecule has 10 aromatic rings. The van der Waals surface area contributed by atoms with Crippen molar-refractivity contribution in [3.63, 3.8) is 0 Å². The summed E-state index contributed by atoms with van der Waals surface area (Å²) in [5.41, 5.74) is 9.77. The van der Waals surface area contributed by atoms with E-state index in [9.17, 15) is 0 Å². The fourth-order valence-corrected chi connectivity index (χ4v) is 7.68. The minimum absolute atomic E-state index is 0.786. The second kappa shape index (κ2) is 12.8. The number of aromatic nitrogens is 4. The topological polar surface area (TPSA) is 38.9 Å². The molecule has 0 aliphatic heterocycles. The Bertz CT molecular complexity index is 2820. The van der Waals surface area contributed by atoms with Crippen molar-refractivity contribution < 1.29 is 0 Å². The van der Waals surface area contributed by atoms with E-state index in [1.54, 1.807) is 0 Å². The van der Waals surface area contributed by atoms with Gasteiger partial charge in [-0.1, -0.05) is 127 Å². The van der Waals surface area contributed by atoms with E-state index >= 15 is 0 Å². The van der Waals surface area contributed by atoms with E-state index in [2.05, 4.69) is 178 Å². The molecule has 2 heterocycles. The second-order valence-corrected chi connectivity index (χ2v) is 13.1. The smallest absolute Gasteiger partial charge is 0.168 e. The molecule has 0 atom stereocenters. The summed E-state index contributed by atoms with van der Waals surface area (Å²) in [6.45, 7) is 0. The minimum atomic E-state index is 0.786. The Morgan fingerprint density at radius 1 is 0.340 bits per heavy atom. The van der Waals surface area contributed by atoms with Crippen molar-refractivity contribution in [3.05, 3.63) is 200 Å². The Kier molecular flexibility index (Phi) is 7.40. The number of hydrogen-bond donors (Lipinski definition) is 0. The van der Waals surface area contributed by atoms with Gasteiger partial charge in [0.05, 0.1) is 22.4 Å². The van der Waals surface area contributed by atoms with Gasteiger partial charge in [0.1, 0.15) is 0 Å². The van der Waals surface area contributed by atoms with E-state index in [1.807, 2.05) is 36.4 Å². The SMILES string of the molecule is c1ccc(-c2nnc(-c3ccc(N(c4ccccc4)c4cccc5c(-n6c7ccccc7c7ccccc76)cccc45)cc3)n2-c2ccccc2)cc1. The van der Waals surface area contributed by atoms with Crippen LogP contribution in [0.5, 0.6) is 0 Å². The fraction of sp³-hybridized carbons (Fsp3) is 0. The molecule has 0 fully saturated rings. The molecule has 0 spiro atoms. The van der Waals surface area contributed by atoms with Gasteiger partial charge in [-0.15, -0.1) is 10.2 Å². The van der Waals surface area contributed by atoms with E-state index < -0.39 is 0 Å². The van der Waals surface area contributed by atoms with Crippen molar-refractivity contribution in [3.8, 4) is 34.2 Å². The van der Waals surface area contributed by atoms with Gasteiger partial charge >= 0.3 is 0 Å². The molecule has 0 amide bonds. The molecule has 2 aromatic heterocycles. The number of hydrogen-bond acceptors (Lipinski definition) is 3. The minimum Gasteiger partial charge on any atom is -0.310 e. The van der Waals surface area contributed by atoms with Gasteiger partial charge in [0, 0.05) is 49.7 Å². The van der Waals surface area contributed by atoms with Crippen molar-refractivity contribution >= 4 is 49.6 Å². The summed E-state index contributed by atoms with van der Waals surface area (Å²) in [5, 5.41) is 14.3. The summed E-state index contributed by atoms with van der Waals surface area (Å²) in [7, 11) is 0. The Morgan fingerprint density at radius 2 is 0.830 bits per heavy atom. The van der Waals surface area contributed by atoms with E-state index in [4.69, 9.17) is 10.2 Å². The highest BCUT2D eigenvalue weighted by Crippen LogP contribution is 2.42. The van der Waals surface area contributed by atoms with Crippen LogP contribution in [0.15, 0.2) is 200 Å². The van der Waals surface area contributed by atoms with Crippen LogP contribution in [0.25, 0.3) is 66.7 Å². The lowest BCUT2D eigenvalue weighted by atomic mass is 10.0. The first-order valence-corrected chi connectivity index (χ1v) is 17.9. The lowest BCUT2D eigenvalue weighted by Gasteiger charge is -2.27. The zero-order chi connectivity index (χ0) is 35.1. The molecule has 250 valence electrons. The van der Waals surface area contributed by atoms with Crippen LogP contribution in [0.2, 0.25) is 0 Å². The van der Waals surface area contributed by atoms with E-state index in [0.717, 1.165) is 56.6 Å².